The first-order valence-electron chi connectivity index (χ1n) is 7.81. The summed E-state index contributed by atoms with van der Waals surface area (Å²) in [4.78, 5) is 14.8. The number of rotatable bonds is 3. The van der Waals surface area contributed by atoms with Gasteiger partial charge in [0.15, 0.2) is 0 Å². The van der Waals surface area contributed by atoms with Gasteiger partial charge in [0, 0.05) is 37.8 Å². The number of carbonyl (C=O) groups excluding carboxylic acids is 1. The first-order valence-corrected chi connectivity index (χ1v) is 7.81. The highest BCUT2D eigenvalue weighted by atomic mass is 16.5. The molecule has 0 aliphatic carbocycles. The van der Waals surface area contributed by atoms with Crippen LogP contribution in [0.1, 0.15) is 18.9 Å². The highest BCUT2D eigenvalue weighted by molar-refractivity contribution is 5.82. The molecule has 3 rings (SSSR count). The summed E-state index contributed by atoms with van der Waals surface area (Å²) in [6.07, 6.45) is 1.90. The van der Waals surface area contributed by atoms with Gasteiger partial charge in [-0.05, 0) is 31.4 Å². The van der Waals surface area contributed by atoms with Crippen molar-refractivity contribution in [3.63, 3.8) is 0 Å². The number of amides is 1. The van der Waals surface area contributed by atoms with Crippen LogP contribution in [0, 0.1) is 11.8 Å². The van der Waals surface area contributed by atoms with Crippen LogP contribution in [-0.2, 0) is 16.0 Å². The van der Waals surface area contributed by atoms with Crippen LogP contribution in [0.4, 0.5) is 5.69 Å². The molecule has 1 fully saturated rings. The summed E-state index contributed by atoms with van der Waals surface area (Å²) in [6.45, 7) is 4.58. The van der Waals surface area contributed by atoms with Crippen molar-refractivity contribution in [3.8, 4) is 0 Å². The molecule has 0 saturated carbocycles. The van der Waals surface area contributed by atoms with Gasteiger partial charge in [0.05, 0.1) is 12.5 Å². The number of benzene rings is 1. The summed E-state index contributed by atoms with van der Waals surface area (Å²) >= 11 is 0. The molecular weight excluding hydrogens is 264 g/mol. The minimum atomic E-state index is 0.0428. The largest absolute Gasteiger partial charge is 0.384 e. The summed E-state index contributed by atoms with van der Waals surface area (Å²) in [6, 6.07) is 8.48. The Morgan fingerprint density at radius 3 is 3.05 bits per heavy atom. The fourth-order valence-corrected chi connectivity index (χ4v) is 3.54. The Balaban J connectivity index is 1.68. The maximum absolute atomic E-state index is 12.8. The molecule has 2 heterocycles. The van der Waals surface area contributed by atoms with Crippen molar-refractivity contribution in [3.05, 3.63) is 29.8 Å². The van der Waals surface area contributed by atoms with Crippen LogP contribution in [0.25, 0.3) is 0 Å². The van der Waals surface area contributed by atoms with E-state index in [0.717, 1.165) is 32.5 Å². The van der Waals surface area contributed by atoms with Gasteiger partial charge in [0.25, 0.3) is 0 Å². The lowest BCUT2D eigenvalue weighted by molar-refractivity contribution is -0.135. The van der Waals surface area contributed by atoms with Gasteiger partial charge in [-0.15, -0.1) is 0 Å². The van der Waals surface area contributed by atoms with Gasteiger partial charge in [-0.1, -0.05) is 18.2 Å². The quantitative estimate of drug-likeness (QED) is 0.926. The van der Waals surface area contributed by atoms with Crippen molar-refractivity contribution in [2.45, 2.75) is 25.8 Å². The highest BCUT2D eigenvalue weighted by Gasteiger charge is 2.36. The number of methoxy groups -OCH3 is 1. The molecule has 0 spiro atoms. The van der Waals surface area contributed by atoms with Crippen molar-refractivity contribution in [1.29, 1.82) is 0 Å². The SMILES string of the molecule is COCC1CCN(C(=O)C2Cc3ccccc3NC2C)C1. The Bertz CT molecular complexity index is 517. The molecular formula is C17H24N2O2. The van der Waals surface area contributed by atoms with Crippen LogP contribution >= 0.6 is 0 Å². The van der Waals surface area contributed by atoms with E-state index in [2.05, 4.69) is 24.4 Å². The number of para-hydroxylation sites is 1. The Morgan fingerprint density at radius 1 is 1.43 bits per heavy atom. The number of nitrogens with zero attached hydrogens (tertiary/aromatic N) is 1. The van der Waals surface area contributed by atoms with E-state index in [1.54, 1.807) is 7.11 Å². The van der Waals surface area contributed by atoms with Crippen molar-refractivity contribution in [2.75, 3.05) is 32.1 Å². The monoisotopic (exact) mass is 288 g/mol. The second-order valence-corrected chi connectivity index (χ2v) is 6.30. The summed E-state index contributed by atoms with van der Waals surface area (Å²) in [5.74, 6) is 0.836. The third-order valence-corrected chi connectivity index (χ3v) is 4.76. The molecule has 0 radical (unpaired) electrons. The van der Waals surface area contributed by atoms with Crippen molar-refractivity contribution < 1.29 is 9.53 Å². The van der Waals surface area contributed by atoms with Crippen LogP contribution in [0.3, 0.4) is 0 Å². The van der Waals surface area contributed by atoms with E-state index >= 15 is 0 Å². The van der Waals surface area contributed by atoms with E-state index in [0.29, 0.717) is 11.8 Å². The van der Waals surface area contributed by atoms with Crippen LogP contribution < -0.4 is 5.32 Å². The molecule has 2 aliphatic heterocycles. The molecule has 1 aromatic carbocycles. The standard InChI is InChI=1S/C17H24N2O2/c1-12-15(9-14-5-3-4-6-16(14)18-12)17(20)19-8-7-13(10-19)11-21-2/h3-6,12-13,15,18H,7-11H2,1-2H3. The maximum atomic E-state index is 12.8. The lowest BCUT2D eigenvalue weighted by Crippen LogP contribution is -2.44. The highest BCUT2D eigenvalue weighted by Crippen LogP contribution is 2.30. The van der Waals surface area contributed by atoms with Gasteiger partial charge in [0.1, 0.15) is 0 Å². The van der Waals surface area contributed by atoms with E-state index in [1.807, 2.05) is 17.0 Å². The van der Waals surface area contributed by atoms with Crippen molar-refractivity contribution >= 4 is 11.6 Å². The summed E-state index contributed by atoms with van der Waals surface area (Å²) < 4.78 is 5.22. The Kier molecular flexibility index (Phi) is 4.15. The molecule has 2 aliphatic rings. The average Bonchev–Trinajstić information content (AvgIpc) is 2.95. The van der Waals surface area contributed by atoms with Gasteiger partial charge in [-0.2, -0.15) is 0 Å². The second kappa shape index (κ2) is 6.06. The first-order chi connectivity index (χ1) is 10.2. The number of fused-ring (bicyclic) bond motifs is 1. The molecule has 1 saturated heterocycles. The number of nitrogens with one attached hydrogen (secondary N) is 1. The van der Waals surface area contributed by atoms with Crippen LogP contribution in [0.15, 0.2) is 24.3 Å². The predicted molar refractivity (Wildman–Crippen MR) is 83.3 cm³/mol. The van der Waals surface area contributed by atoms with E-state index in [9.17, 15) is 4.79 Å². The molecule has 1 amide bonds. The molecule has 4 heteroatoms. The third kappa shape index (κ3) is 2.91. The van der Waals surface area contributed by atoms with Gasteiger partial charge in [-0.25, -0.2) is 0 Å². The number of anilines is 1. The summed E-state index contributed by atoms with van der Waals surface area (Å²) in [7, 11) is 1.73. The lowest BCUT2D eigenvalue weighted by Gasteiger charge is -2.34. The second-order valence-electron chi connectivity index (χ2n) is 6.30. The Hall–Kier alpha value is -1.55. The molecule has 114 valence electrons. The first kappa shape index (κ1) is 14.4. The van der Waals surface area contributed by atoms with E-state index in [1.165, 1.54) is 11.3 Å². The normalized spacial score (nSPS) is 28.1. The minimum absolute atomic E-state index is 0.0428. The van der Waals surface area contributed by atoms with Gasteiger partial charge < -0.3 is 15.0 Å². The zero-order valence-electron chi connectivity index (χ0n) is 12.8. The molecule has 0 aromatic heterocycles. The molecule has 3 unspecified atom stereocenters. The molecule has 0 bridgehead atoms. The zero-order valence-corrected chi connectivity index (χ0v) is 12.8. The number of hydrogen-bond donors (Lipinski definition) is 1. The molecule has 4 nitrogen and oxygen atoms in total. The van der Waals surface area contributed by atoms with Crippen LogP contribution in [0.5, 0.6) is 0 Å². The third-order valence-electron chi connectivity index (χ3n) is 4.76. The average molecular weight is 288 g/mol. The van der Waals surface area contributed by atoms with Crippen LogP contribution in [0.2, 0.25) is 0 Å². The minimum Gasteiger partial charge on any atom is -0.384 e. The predicted octanol–water partition coefficient (Wildman–Crippen LogP) is 2.15. The van der Waals surface area contributed by atoms with E-state index < -0.39 is 0 Å². The van der Waals surface area contributed by atoms with Gasteiger partial charge in [0.2, 0.25) is 5.91 Å². The molecule has 21 heavy (non-hydrogen) atoms. The fourth-order valence-electron chi connectivity index (χ4n) is 3.54. The summed E-state index contributed by atoms with van der Waals surface area (Å²) in [5.41, 5.74) is 2.43. The van der Waals surface area contributed by atoms with Gasteiger partial charge >= 0.3 is 0 Å². The number of carbonyl (C=O) groups is 1. The number of likely N-dealkylation sites (tertiary alicyclic amines) is 1. The smallest absolute Gasteiger partial charge is 0.228 e. The van der Waals surface area contributed by atoms with E-state index in [-0.39, 0.29) is 12.0 Å². The molecule has 1 N–H and O–H groups in total. The molecule has 1 aromatic rings. The Labute approximate surface area is 126 Å². The topological polar surface area (TPSA) is 41.6 Å². The molecule has 3 atom stereocenters. The zero-order chi connectivity index (χ0) is 14.8. The Morgan fingerprint density at radius 2 is 2.24 bits per heavy atom. The summed E-state index contributed by atoms with van der Waals surface area (Å²) in [5, 5.41) is 3.48. The lowest BCUT2D eigenvalue weighted by atomic mass is 9.87. The number of hydrogen-bond acceptors (Lipinski definition) is 3. The maximum Gasteiger partial charge on any atom is 0.228 e. The van der Waals surface area contributed by atoms with Crippen molar-refractivity contribution in [2.24, 2.45) is 11.8 Å². The number of ether oxygens (including phenoxy) is 1. The fraction of sp³-hybridized carbons (Fsp3) is 0.588. The van der Waals surface area contributed by atoms with Crippen LogP contribution in [-0.4, -0.2) is 43.7 Å². The van der Waals surface area contributed by atoms with Gasteiger partial charge in [-0.3, -0.25) is 4.79 Å². The van der Waals surface area contributed by atoms with Crippen molar-refractivity contribution in [1.82, 2.24) is 4.90 Å². The van der Waals surface area contributed by atoms with E-state index in [4.69, 9.17) is 4.74 Å².